The van der Waals surface area contributed by atoms with Crippen LogP contribution in [0.15, 0.2) is 59.6 Å². The van der Waals surface area contributed by atoms with Gasteiger partial charge in [0.25, 0.3) is 0 Å². The van der Waals surface area contributed by atoms with Gasteiger partial charge in [0.1, 0.15) is 12.4 Å². The van der Waals surface area contributed by atoms with Crippen molar-refractivity contribution in [1.29, 1.82) is 0 Å². The lowest BCUT2D eigenvalue weighted by atomic mass is 10.1. The molecule has 1 saturated heterocycles. The summed E-state index contributed by atoms with van der Waals surface area (Å²) in [5, 5.41) is 6.69. The van der Waals surface area contributed by atoms with Crippen LogP contribution >= 0.6 is 0 Å². The molecule has 3 rings (SSSR count). The molecule has 2 aromatic rings. The first-order valence-electron chi connectivity index (χ1n) is 11.1. The quantitative estimate of drug-likeness (QED) is 0.320. The van der Waals surface area contributed by atoms with Crippen LogP contribution in [0.4, 0.5) is 0 Å². The average Bonchev–Trinajstić information content (AvgIpc) is 3.19. The molecule has 1 atom stereocenters. The summed E-state index contributed by atoms with van der Waals surface area (Å²) in [6, 6.07) is 18.3. The van der Waals surface area contributed by atoms with Crippen molar-refractivity contribution in [1.82, 2.24) is 15.5 Å². The van der Waals surface area contributed by atoms with E-state index in [2.05, 4.69) is 27.8 Å². The van der Waals surface area contributed by atoms with E-state index in [4.69, 9.17) is 9.47 Å². The monoisotopic (exact) mass is 438 g/mol. The zero-order valence-corrected chi connectivity index (χ0v) is 19.0. The van der Waals surface area contributed by atoms with Crippen molar-refractivity contribution in [2.45, 2.75) is 19.4 Å². The number of aliphatic imine (C=N–C) groups is 1. The first-order chi connectivity index (χ1) is 15.7. The Morgan fingerprint density at radius 2 is 1.84 bits per heavy atom. The molecule has 0 radical (unpaired) electrons. The lowest BCUT2D eigenvalue weighted by Crippen LogP contribution is -2.40. The summed E-state index contributed by atoms with van der Waals surface area (Å²) < 4.78 is 10.6. The number of carbonyl (C=O) groups is 1. The molecule has 2 N–H and O–H groups in total. The van der Waals surface area contributed by atoms with Gasteiger partial charge in [0.15, 0.2) is 5.96 Å². The highest BCUT2D eigenvalue weighted by atomic mass is 16.5. The van der Waals surface area contributed by atoms with Crippen LogP contribution < -0.4 is 15.4 Å². The molecule has 0 aliphatic carbocycles. The first kappa shape index (κ1) is 23.6. The van der Waals surface area contributed by atoms with Crippen molar-refractivity contribution in [3.05, 3.63) is 65.7 Å². The fourth-order valence-corrected chi connectivity index (χ4v) is 3.71. The summed E-state index contributed by atoms with van der Waals surface area (Å²) in [5.41, 5.74) is 2.40. The van der Waals surface area contributed by atoms with Crippen LogP contribution in [0.3, 0.4) is 0 Å². The molecule has 0 bridgehead atoms. The lowest BCUT2D eigenvalue weighted by molar-refractivity contribution is -0.127. The topological polar surface area (TPSA) is 75.2 Å². The zero-order valence-electron chi connectivity index (χ0n) is 19.0. The summed E-state index contributed by atoms with van der Waals surface area (Å²) in [4.78, 5) is 18.7. The Morgan fingerprint density at radius 1 is 1.06 bits per heavy atom. The number of ether oxygens (including phenoxy) is 2. The highest BCUT2D eigenvalue weighted by Crippen LogP contribution is 2.17. The van der Waals surface area contributed by atoms with E-state index in [1.807, 2.05) is 47.4 Å². The molecule has 7 heteroatoms. The fraction of sp³-hybridized carbons (Fsp3) is 0.440. The molecule has 1 fully saturated rings. The highest BCUT2D eigenvalue weighted by Gasteiger charge is 2.29. The van der Waals surface area contributed by atoms with E-state index >= 15 is 0 Å². The van der Waals surface area contributed by atoms with Crippen LogP contribution in [0, 0.1) is 5.92 Å². The maximum Gasteiger partial charge on any atom is 0.223 e. The molecule has 1 amide bonds. The minimum absolute atomic E-state index is 0.239. The number of nitrogens with one attached hydrogen (secondary N) is 2. The van der Waals surface area contributed by atoms with Gasteiger partial charge in [0.05, 0.1) is 6.61 Å². The summed E-state index contributed by atoms with van der Waals surface area (Å²) in [6.07, 6.45) is 1.48. The Kier molecular flexibility index (Phi) is 9.37. The van der Waals surface area contributed by atoms with E-state index in [0.717, 1.165) is 43.3 Å². The molecule has 172 valence electrons. The van der Waals surface area contributed by atoms with E-state index < -0.39 is 0 Å². The minimum atomic E-state index is 0.239. The molecule has 32 heavy (non-hydrogen) atoms. The van der Waals surface area contributed by atoms with E-state index in [1.165, 1.54) is 5.56 Å². The number of methoxy groups -OCH3 is 1. The van der Waals surface area contributed by atoms with Gasteiger partial charge in [-0.05, 0) is 29.7 Å². The lowest BCUT2D eigenvalue weighted by Gasteiger charge is -2.18. The van der Waals surface area contributed by atoms with Gasteiger partial charge in [-0.25, -0.2) is 0 Å². The van der Waals surface area contributed by atoms with Crippen LogP contribution in [0.2, 0.25) is 0 Å². The number of amides is 1. The number of likely N-dealkylation sites (tertiary alicyclic amines) is 1. The molecule has 1 aliphatic heterocycles. The Balaban J connectivity index is 1.37. The van der Waals surface area contributed by atoms with E-state index in [9.17, 15) is 4.79 Å². The van der Waals surface area contributed by atoms with Gasteiger partial charge in [-0.1, -0.05) is 42.5 Å². The Bertz CT molecular complexity index is 855. The summed E-state index contributed by atoms with van der Waals surface area (Å²) >= 11 is 0. The molecule has 0 aromatic heterocycles. The number of rotatable bonds is 11. The van der Waals surface area contributed by atoms with Crippen LogP contribution in [0.25, 0.3) is 0 Å². The van der Waals surface area contributed by atoms with Gasteiger partial charge in [0, 0.05) is 52.7 Å². The number of guanidine groups is 1. The zero-order chi connectivity index (χ0) is 22.6. The third-order valence-corrected chi connectivity index (χ3v) is 5.53. The van der Waals surface area contributed by atoms with Crippen molar-refractivity contribution < 1.29 is 14.3 Å². The van der Waals surface area contributed by atoms with Crippen molar-refractivity contribution >= 4 is 11.9 Å². The SMILES string of the molecule is CN=C(NCc1ccc(OCCOC)cc1)NCC1CC(=O)N(CCc2ccccc2)C1. The number of hydrogen-bond acceptors (Lipinski definition) is 4. The third-order valence-electron chi connectivity index (χ3n) is 5.53. The minimum Gasteiger partial charge on any atom is -0.491 e. The summed E-state index contributed by atoms with van der Waals surface area (Å²) in [5.74, 6) is 2.10. The summed E-state index contributed by atoms with van der Waals surface area (Å²) in [7, 11) is 3.42. The number of carbonyl (C=O) groups excluding carboxylic acids is 1. The fourth-order valence-electron chi connectivity index (χ4n) is 3.71. The van der Waals surface area contributed by atoms with Crippen LogP contribution in [0.1, 0.15) is 17.5 Å². The molecule has 1 heterocycles. The molecule has 1 unspecified atom stereocenters. The first-order valence-corrected chi connectivity index (χ1v) is 11.1. The van der Waals surface area contributed by atoms with Crippen LogP contribution in [-0.4, -0.2) is 63.8 Å². The molecule has 7 nitrogen and oxygen atoms in total. The predicted molar refractivity (Wildman–Crippen MR) is 127 cm³/mol. The Labute approximate surface area is 190 Å². The number of benzene rings is 2. The van der Waals surface area contributed by atoms with Gasteiger partial charge in [-0.15, -0.1) is 0 Å². The van der Waals surface area contributed by atoms with Crippen LogP contribution in [-0.2, 0) is 22.5 Å². The van der Waals surface area contributed by atoms with Crippen LogP contribution in [0.5, 0.6) is 5.75 Å². The Hall–Kier alpha value is -3.06. The van der Waals surface area contributed by atoms with E-state index in [0.29, 0.717) is 32.1 Å². The van der Waals surface area contributed by atoms with Gasteiger partial charge in [-0.3, -0.25) is 9.79 Å². The normalized spacial score (nSPS) is 16.3. The molecule has 0 saturated carbocycles. The van der Waals surface area contributed by atoms with Gasteiger partial charge < -0.3 is 25.0 Å². The second kappa shape index (κ2) is 12.7. The standard InChI is InChI=1S/C25H34N4O3/c1-26-25(27-17-21-8-10-23(11-9-21)32-15-14-31-2)28-18-22-16-24(30)29(19-22)13-12-20-6-4-3-5-7-20/h3-11,22H,12-19H2,1-2H3,(H2,26,27,28). The largest absolute Gasteiger partial charge is 0.491 e. The van der Waals surface area contributed by atoms with E-state index in [-0.39, 0.29) is 5.91 Å². The smallest absolute Gasteiger partial charge is 0.223 e. The molecule has 1 aliphatic rings. The van der Waals surface area contributed by atoms with Gasteiger partial charge in [-0.2, -0.15) is 0 Å². The predicted octanol–water partition coefficient (Wildman–Crippen LogP) is 2.47. The Morgan fingerprint density at radius 3 is 2.56 bits per heavy atom. The van der Waals surface area contributed by atoms with Crippen molar-refractivity contribution in [2.75, 3.05) is 47.0 Å². The second-order valence-corrected chi connectivity index (χ2v) is 7.94. The molecular weight excluding hydrogens is 404 g/mol. The van der Waals surface area contributed by atoms with Crippen molar-refractivity contribution in [2.24, 2.45) is 10.9 Å². The molecular formula is C25H34N4O3. The molecule has 0 spiro atoms. The third kappa shape index (κ3) is 7.57. The second-order valence-electron chi connectivity index (χ2n) is 7.94. The maximum atomic E-state index is 12.4. The van der Waals surface area contributed by atoms with Gasteiger partial charge in [0.2, 0.25) is 5.91 Å². The average molecular weight is 439 g/mol. The number of hydrogen-bond donors (Lipinski definition) is 2. The number of nitrogens with zero attached hydrogens (tertiary/aromatic N) is 2. The van der Waals surface area contributed by atoms with E-state index in [1.54, 1.807) is 14.2 Å². The van der Waals surface area contributed by atoms with Crippen molar-refractivity contribution in [3.8, 4) is 5.75 Å². The van der Waals surface area contributed by atoms with Crippen molar-refractivity contribution in [3.63, 3.8) is 0 Å². The highest BCUT2D eigenvalue weighted by molar-refractivity contribution is 5.80. The molecule has 2 aromatic carbocycles. The maximum absolute atomic E-state index is 12.4. The van der Waals surface area contributed by atoms with Gasteiger partial charge >= 0.3 is 0 Å². The summed E-state index contributed by atoms with van der Waals surface area (Å²) in [6.45, 7) is 4.06.